The minimum absolute atomic E-state index is 0.438. The molecule has 2 aliphatic rings. The number of hydrogen-bond acceptors (Lipinski definition) is 3. The Kier molecular flexibility index (Phi) is 5.49. The van der Waals surface area contributed by atoms with Crippen LogP contribution in [0.4, 0.5) is 0 Å². The van der Waals surface area contributed by atoms with Gasteiger partial charge in [-0.3, -0.25) is 0 Å². The van der Waals surface area contributed by atoms with E-state index in [1.807, 2.05) is 0 Å². The molecule has 0 radical (unpaired) electrons. The fourth-order valence-corrected chi connectivity index (χ4v) is 3.63. The maximum absolute atomic E-state index is 10.5. The summed E-state index contributed by atoms with van der Waals surface area (Å²) in [6.07, 6.45) is 8.08. The van der Waals surface area contributed by atoms with Crippen LogP contribution in [-0.2, 0) is 4.74 Å². The van der Waals surface area contributed by atoms with Gasteiger partial charge in [0.15, 0.2) is 0 Å². The SMILES string of the molecule is CC(C)(C)C1CCCC(NCC2(O)CCOCC2)CC1. The zero-order chi connectivity index (χ0) is 14.6. The molecule has 0 aromatic heterocycles. The number of aliphatic hydroxyl groups is 1. The van der Waals surface area contributed by atoms with Crippen molar-refractivity contribution in [3.05, 3.63) is 0 Å². The van der Waals surface area contributed by atoms with Crippen molar-refractivity contribution in [3.8, 4) is 0 Å². The van der Waals surface area contributed by atoms with Gasteiger partial charge < -0.3 is 15.2 Å². The average Bonchev–Trinajstić information content (AvgIpc) is 2.62. The van der Waals surface area contributed by atoms with Gasteiger partial charge in [-0.2, -0.15) is 0 Å². The Labute approximate surface area is 124 Å². The molecule has 3 heteroatoms. The lowest BCUT2D eigenvalue weighted by atomic mass is 9.76. The molecule has 1 saturated carbocycles. The maximum atomic E-state index is 10.5. The van der Waals surface area contributed by atoms with E-state index < -0.39 is 5.60 Å². The second-order valence-corrected chi connectivity index (χ2v) is 7.99. The minimum Gasteiger partial charge on any atom is -0.388 e. The molecule has 1 heterocycles. The first-order valence-electron chi connectivity index (χ1n) is 8.43. The van der Waals surface area contributed by atoms with Crippen LogP contribution in [0.15, 0.2) is 0 Å². The smallest absolute Gasteiger partial charge is 0.0815 e. The van der Waals surface area contributed by atoms with E-state index in [4.69, 9.17) is 4.74 Å². The topological polar surface area (TPSA) is 41.5 Å². The van der Waals surface area contributed by atoms with Crippen molar-refractivity contribution in [2.45, 2.75) is 77.4 Å². The van der Waals surface area contributed by atoms with Gasteiger partial charge in [0.1, 0.15) is 0 Å². The summed E-state index contributed by atoms with van der Waals surface area (Å²) in [5.41, 5.74) is -0.0955. The zero-order valence-electron chi connectivity index (χ0n) is 13.6. The molecule has 2 atom stereocenters. The number of hydrogen-bond donors (Lipinski definition) is 2. The molecule has 1 aliphatic carbocycles. The highest BCUT2D eigenvalue weighted by molar-refractivity contribution is 4.87. The van der Waals surface area contributed by atoms with Crippen LogP contribution in [0.5, 0.6) is 0 Å². The van der Waals surface area contributed by atoms with E-state index in [1.54, 1.807) is 0 Å². The van der Waals surface area contributed by atoms with Crippen LogP contribution in [0, 0.1) is 11.3 Å². The Morgan fingerprint density at radius 2 is 1.80 bits per heavy atom. The summed E-state index contributed by atoms with van der Waals surface area (Å²) in [5.74, 6) is 0.848. The molecule has 0 spiro atoms. The maximum Gasteiger partial charge on any atom is 0.0815 e. The zero-order valence-corrected chi connectivity index (χ0v) is 13.6. The molecule has 2 N–H and O–H groups in total. The summed E-state index contributed by atoms with van der Waals surface area (Å²) in [4.78, 5) is 0. The van der Waals surface area contributed by atoms with Crippen LogP contribution in [0.3, 0.4) is 0 Å². The fourth-order valence-electron chi connectivity index (χ4n) is 3.63. The lowest BCUT2D eigenvalue weighted by molar-refractivity contribution is -0.0629. The molecule has 1 aliphatic heterocycles. The molecule has 1 saturated heterocycles. The molecule has 0 bridgehead atoms. The second-order valence-electron chi connectivity index (χ2n) is 7.99. The van der Waals surface area contributed by atoms with Gasteiger partial charge in [0, 0.05) is 38.6 Å². The summed E-state index contributed by atoms with van der Waals surface area (Å²) in [6.45, 7) is 9.26. The summed E-state index contributed by atoms with van der Waals surface area (Å²) in [6, 6.07) is 0.592. The van der Waals surface area contributed by atoms with Crippen LogP contribution in [-0.4, -0.2) is 36.5 Å². The van der Waals surface area contributed by atoms with Crippen molar-refractivity contribution in [2.24, 2.45) is 11.3 Å². The predicted octanol–water partition coefficient (Wildman–Crippen LogP) is 3.11. The van der Waals surface area contributed by atoms with E-state index in [-0.39, 0.29) is 0 Å². The minimum atomic E-state index is -0.534. The number of nitrogens with one attached hydrogen (secondary N) is 1. The summed E-state index contributed by atoms with van der Waals surface area (Å²) in [5, 5.41) is 14.1. The largest absolute Gasteiger partial charge is 0.388 e. The van der Waals surface area contributed by atoms with Gasteiger partial charge in [-0.1, -0.05) is 27.2 Å². The van der Waals surface area contributed by atoms with Crippen LogP contribution in [0.1, 0.15) is 65.7 Å². The van der Waals surface area contributed by atoms with Gasteiger partial charge >= 0.3 is 0 Å². The van der Waals surface area contributed by atoms with Crippen LogP contribution in [0.25, 0.3) is 0 Å². The molecule has 2 unspecified atom stereocenters. The molecule has 20 heavy (non-hydrogen) atoms. The molecule has 118 valence electrons. The van der Waals surface area contributed by atoms with Crippen LogP contribution < -0.4 is 5.32 Å². The fraction of sp³-hybridized carbons (Fsp3) is 1.00. The quantitative estimate of drug-likeness (QED) is 0.782. The molecule has 0 amide bonds. The van der Waals surface area contributed by atoms with E-state index in [0.29, 0.717) is 24.7 Å². The van der Waals surface area contributed by atoms with Crippen molar-refractivity contribution >= 4 is 0 Å². The Bertz CT molecular complexity index is 292. The molecule has 0 aromatic rings. The van der Waals surface area contributed by atoms with E-state index in [1.165, 1.54) is 32.1 Å². The Hall–Kier alpha value is -0.120. The molecule has 2 fully saturated rings. The normalized spacial score (nSPS) is 31.8. The highest BCUT2D eigenvalue weighted by Crippen LogP contribution is 2.36. The van der Waals surface area contributed by atoms with E-state index in [9.17, 15) is 5.11 Å². The third-order valence-corrected chi connectivity index (χ3v) is 5.34. The van der Waals surface area contributed by atoms with Gasteiger partial charge in [-0.25, -0.2) is 0 Å². The Morgan fingerprint density at radius 1 is 1.10 bits per heavy atom. The third-order valence-electron chi connectivity index (χ3n) is 5.34. The summed E-state index contributed by atoms with van der Waals surface area (Å²) < 4.78 is 5.34. The van der Waals surface area contributed by atoms with Gasteiger partial charge in [0.2, 0.25) is 0 Å². The number of ether oxygens (including phenoxy) is 1. The Balaban J connectivity index is 1.76. The van der Waals surface area contributed by atoms with Crippen molar-refractivity contribution < 1.29 is 9.84 Å². The van der Waals surface area contributed by atoms with Crippen molar-refractivity contribution in [2.75, 3.05) is 19.8 Å². The first-order chi connectivity index (χ1) is 9.39. The highest BCUT2D eigenvalue weighted by atomic mass is 16.5. The van der Waals surface area contributed by atoms with Gasteiger partial charge in [0.05, 0.1) is 5.60 Å². The van der Waals surface area contributed by atoms with Crippen molar-refractivity contribution in [1.82, 2.24) is 5.32 Å². The second kappa shape index (κ2) is 6.76. The van der Waals surface area contributed by atoms with E-state index >= 15 is 0 Å². The molecular weight excluding hydrogens is 250 g/mol. The highest BCUT2D eigenvalue weighted by Gasteiger charge is 2.32. The van der Waals surface area contributed by atoms with Crippen LogP contribution >= 0.6 is 0 Å². The van der Waals surface area contributed by atoms with Crippen LogP contribution in [0.2, 0.25) is 0 Å². The van der Waals surface area contributed by atoms with Gasteiger partial charge in [0.25, 0.3) is 0 Å². The molecule has 0 aromatic carbocycles. The first kappa shape index (κ1) is 16.3. The summed E-state index contributed by atoms with van der Waals surface area (Å²) in [7, 11) is 0. The third kappa shape index (κ3) is 4.71. The molecule has 2 rings (SSSR count). The van der Waals surface area contributed by atoms with E-state index in [2.05, 4.69) is 26.1 Å². The molecule has 3 nitrogen and oxygen atoms in total. The van der Waals surface area contributed by atoms with Crippen molar-refractivity contribution in [3.63, 3.8) is 0 Å². The lowest BCUT2D eigenvalue weighted by Crippen LogP contribution is -2.47. The lowest BCUT2D eigenvalue weighted by Gasteiger charge is -2.34. The van der Waals surface area contributed by atoms with E-state index in [0.717, 1.165) is 25.3 Å². The standard InChI is InChI=1S/C17H33NO2/c1-16(2,3)14-5-4-6-15(8-7-14)18-13-17(19)9-11-20-12-10-17/h14-15,18-19H,4-13H2,1-3H3. The first-order valence-corrected chi connectivity index (χ1v) is 8.43. The summed E-state index contributed by atoms with van der Waals surface area (Å²) >= 11 is 0. The average molecular weight is 283 g/mol. The van der Waals surface area contributed by atoms with Crippen molar-refractivity contribution in [1.29, 1.82) is 0 Å². The molecular formula is C17H33NO2. The van der Waals surface area contributed by atoms with Gasteiger partial charge in [-0.15, -0.1) is 0 Å². The Morgan fingerprint density at radius 3 is 2.45 bits per heavy atom. The monoisotopic (exact) mass is 283 g/mol. The van der Waals surface area contributed by atoms with Gasteiger partial charge in [-0.05, 0) is 37.0 Å². The number of rotatable bonds is 3. The predicted molar refractivity (Wildman–Crippen MR) is 82.8 cm³/mol.